The first-order valence-electron chi connectivity index (χ1n) is 4.38. The van der Waals surface area contributed by atoms with Gasteiger partial charge in [-0.2, -0.15) is 0 Å². The van der Waals surface area contributed by atoms with E-state index in [0.717, 1.165) is 19.0 Å². The molecule has 1 saturated heterocycles. The molecule has 0 bridgehead atoms. The average molecular weight is 154 g/mol. The Hall–Kier alpha value is -0.340. The van der Waals surface area contributed by atoms with Gasteiger partial charge in [0.15, 0.2) is 0 Å². The minimum absolute atomic E-state index is 0.650. The molecule has 64 valence electrons. The predicted molar refractivity (Wildman–Crippen MR) is 48.6 cm³/mol. The Morgan fingerprint density at radius 1 is 1.64 bits per heavy atom. The van der Waals surface area contributed by atoms with E-state index in [1.807, 2.05) is 6.08 Å². The zero-order valence-corrected chi connectivity index (χ0v) is 7.27. The molecule has 2 nitrogen and oxygen atoms in total. The molecule has 0 aliphatic carbocycles. The lowest BCUT2D eigenvalue weighted by Gasteiger charge is -2.28. The van der Waals surface area contributed by atoms with E-state index < -0.39 is 0 Å². The van der Waals surface area contributed by atoms with Crippen LogP contribution in [0.3, 0.4) is 0 Å². The Bertz CT molecular complexity index is 123. The molecular formula is C9H18N2. The van der Waals surface area contributed by atoms with Gasteiger partial charge in [-0.1, -0.05) is 13.0 Å². The second-order valence-corrected chi connectivity index (χ2v) is 3.39. The van der Waals surface area contributed by atoms with Gasteiger partial charge < -0.3 is 10.6 Å². The van der Waals surface area contributed by atoms with Crippen molar-refractivity contribution in [1.82, 2.24) is 10.6 Å². The summed E-state index contributed by atoms with van der Waals surface area (Å²) in [6, 6.07) is 0.650. The molecule has 1 heterocycles. The minimum Gasteiger partial charge on any atom is -0.315 e. The summed E-state index contributed by atoms with van der Waals surface area (Å²) in [6.45, 7) is 9.18. The predicted octanol–water partition coefficient (Wildman–Crippen LogP) is 0.760. The topological polar surface area (TPSA) is 24.1 Å². The first-order chi connectivity index (χ1) is 5.33. The quantitative estimate of drug-likeness (QED) is 0.586. The largest absolute Gasteiger partial charge is 0.315 e. The van der Waals surface area contributed by atoms with Crippen molar-refractivity contribution in [2.24, 2.45) is 5.92 Å². The summed E-state index contributed by atoms with van der Waals surface area (Å²) in [7, 11) is 0. The van der Waals surface area contributed by atoms with E-state index in [1.54, 1.807) is 0 Å². The standard InChI is InChI=1S/C9H18N2/c1-3-4-11-9-5-8(2)6-10-7-9/h3,8-11H,1,4-7H2,2H3. The van der Waals surface area contributed by atoms with E-state index in [-0.39, 0.29) is 0 Å². The van der Waals surface area contributed by atoms with Crippen LogP contribution in [0.25, 0.3) is 0 Å². The lowest BCUT2D eigenvalue weighted by atomic mass is 9.98. The first-order valence-corrected chi connectivity index (χ1v) is 4.38. The Morgan fingerprint density at radius 2 is 2.45 bits per heavy atom. The van der Waals surface area contributed by atoms with E-state index in [2.05, 4.69) is 24.1 Å². The number of rotatable bonds is 3. The normalized spacial score (nSPS) is 31.7. The van der Waals surface area contributed by atoms with Crippen molar-refractivity contribution < 1.29 is 0 Å². The smallest absolute Gasteiger partial charge is 0.0198 e. The third-order valence-electron chi connectivity index (χ3n) is 2.12. The van der Waals surface area contributed by atoms with Crippen molar-refractivity contribution in [2.45, 2.75) is 19.4 Å². The molecule has 1 rings (SSSR count). The Kier molecular flexibility index (Phi) is 3.60. The molecule has 2 heteroatoms. The van der Waals surface area contributed by atoms with Crippen molar-refractivity contribution in [3.05, 3.63) is 12.7 Å². The Balaban J connectivity index is 2.17. The van der Waals surface area contributed by atoms with E-state index in [4.69, 9.17) is 0 Å². The van der Waals surface area contributed by atoms with Crippen molar-refractivity contribution in [3.63, 3.8) is 0 Å². The minimum atomic E-state index is 0.650. The monoisotopic (exact) mass is 154 g/mol. The number of nitrogens with one attached hydrogen (secondary N) is 2. The summed E-state index contributed by atoms with van der Waals surface area (Å²) >= 11 is 0. The van der Waals surface area contributed by atoms with E-state index >= 15 is 0 Å². The van der Waals surface area contributed by atoms with Gasteiger partial charge in [-0.15, -0.1) is 6.58 Å². The fourth-order valence-corrected chi connectivity index (χ4v) is 1.56. The molecule has 0 aromatic rings. The van der Waals surface area contributed by atoms with Crippen molar-refractivity contribution >= 4 is 0 Å². The van der Waals surface area contributed by atoms with Gasteiger partial charge in [0.05, 0.1) is 0 Å². The Labute approximate surface area is 69.1 Å². The van der Waals surface area contributed by atoms with E-state index in [9.17, 15) is 0 Å². The molecule has 2 atom stereocenters. The highest BCUT2D eigenvalue weighted by Crippen LogP contribution is 2.08. The molecule has 2 unspecified atom stereocenters. The van der Waals surface area contributed by atoms with Crippen LogP contribution in [-0.4, -0.2) is 25.7 Å². The third kappa shape index (κ3) is 3.04. The maximum Gasteiger partial charge on any atom is 0.0198 e. The maximum absolute atomic E-state index is 3.68. The number of hydrogen-bond donors (Lipinski definition) is 2. The summed E-state index contributed by atoms with van der Waals surface area (Å²) in [5, 5.41) is 6.82. The van der Waals surface area contributed by atoms with Crippen LogP contribution in [0.5, 0.6) is 0 Å². The summed E-state index contributed by atoms with van der Waals surface area (Å²) in [5.74, 6) is 0.811. The van der Waals surface area contributed by atoms with E-state index in [0.29, 0.717) is 6.04 Å². The molecule has 0 saturated carbocycles. The summed E-state index contributed by atoms with van der Waals surface area (Å²) in [4.78, 5) is 0. The van der Waals surface area contributed by atoms with Crippen LogP contribution in [0, 0.1) is 5.92 Å². The van der Waals surface area contributed by atoms with Crippen LogP contribution < -0.4 is 10.6 Å². The molecule has 0 aromatic heterocycles. The number of piperidine rings is 1. The summed E-state index contributed by atoms with van der Waals surface area (Å²) < 4.78 is 0. The average Bonchev–Trinajstić information content (AvgIpc) is 2.01. The zero-order chi connectivity index (χ0) is 8.10. The van der Waals surface area contributed by atoms with Crippen LogP contribution in [-0.2, 0) is 0 Å². The highest BCUT2D eigenvalue weighted by Gasteiger charge is 2.16. The van der Waals surface area contributed by atoms with Crippen molar-refractivity contribution in [1.29, 1.82) is 0 Å². The SMILES string of the molecule is C=CCNC1CNCC(C)C1. The molecule has 1 fully saturated rings. The summed E-state index contributed by atoms with van der Waals surface area (Å²) in [6.07, 6.45) is 3.21. The van der Waals surface area contributed by atoms with Crippen LogP contribution >= 0.6 is 0 Å². The maximum atomic E-state index is 3.68. The molecule has 0 amide bonds. The second kappa shape index (κ2) is 4.52. The molecule has 0 radical (unpaired) electrons. The lowest BCUT2D eigenvalue weighted by Crippen LogP contribution is -2.46. The molecule has 0 aromatic carbocycles. The van der Waals surface area contributed by atoms with Gasteiger partial charge in [-0.25, -0.2) is 0 Å². The fraction of sp³-hybridized carbons (Fsp3) is 0.778. The van der Waals surface area contributed by atoms with Crippen LogP contribution in [0.15, 0.2) is 12.7 Å². The molecule has 2 N–H and O–H groups in total. The van der Waals surface area contributed by atoms with Crippen LogP contribution in [0.1, 0.15) is 13.3 Å². The van der Waals surface area contributed by atoms with Gasteiger partial charge in [0.25, 0.3) is 0 Å². The van der Waals surface area contributed by atoms with E-state index in [1.165, 1.54) is 13.0 Å². The van der Waals surface area contributed by atoms with Gasteiger partial charge in [-0.05, 0) is 18.9 Å². The summed E-state index contributed by atoms with van der Waals surface area (Å²) in [5.41, 5.74) is 0. The van der Waals surface area contributed by atoms with Crippen LogP contribution in [0.2, 0.25) is 0 Å². The van der Waals surface area contributed by atoms with Gasteiger partial charge in [0.2, 0.25) is 0 Å². The first kappa shape index (κ1) is 8.75. The number of hydrogen-bond acceptors (Lipinski definition) is 2. The van der Waals surface area contributed by atoms with Crippen LogP contribution in [0.4, 0.5) is 0 Å². The zero-order valence-electron chi connectivity index (χ0n) is 7.27. The molecule has 1 aliphatic heterocycles. The molecule has 0 spiro atoms. The highest BCUT2D eigenvalue weighted by molar-refractivity contribution is 4.81. The van der Waals surface area contributed by atoms with Gasteiger partial charge in [0.1, 0.15) is 0 Å². The highest BCUT2D eigenvalue weighted by atomic mass is 15.0. The molecule has 1 aliphatic rings. The van der Waals surface area contributed by atoms with Crippen molar-refractivity contribution in [3.8, 4) is 0 Å². The molecular weight excluding hydrogens is 136 g/mol. The fourth-order valence-electron chi connectivity index (χ4n) is 1.56. The Morgan fingerprint density at radius 3 is 3.09 bits per heavy atom. The van der Waals surface area contributed by atoms with Crippen molar-refractivity contribution in [2.75, 3.05) is 19.6 Å². The molecule has 11 heavy (non-hydrogen) atoms. The van der Waals surface area contributed by atoms with Gasteiger partial charge in [0, 0.05) is 19.1 Å². The third-order valence-corrected chi connectivity index (χ3v) is 2.12. The van der Waals surface area contributed by atoms with Gasteiger partial charge in [-0.3, -0.25) is 0 Å². The lowest BCUT2D eigenvalue weighted by molar-refractivity contribution is 0.327. The second-order valence-electron chi connectivity index (χ2n) is 3.39. The van der Waals surface area contributed by atoms with Gasteiger partial charge >= 0.3 is 0 Å².